The monoisotopic (exact) mass is 496 g/mol. The smallest absolute Gasteiger partial charge is 0.307 e. The molecule has 0 fully saturated rings. The van der Waals surface area contributed by atoms with E-state index in [1.54, 1.807) is 36.4 Å². The van der Waals surface area contributed by atoms with Crippen molar-refractivity contribution in [3.05, 3.63) is 89.9 Å². The van der Waals surface area contributed by atoms with Gasteiger partial charge in [-0.25, -0.2) is 12.8 Å². The fraction of sp³-hybridized carbons (Fsp3) is 0.192. The molecule has 0 aliphatic carbocycles. The van der Waals surface area contributed by atoms with Crippen molar-refractivity contribution in [2.45, 2.75) is 24.3 Å². The standard InChI is InChI=1S/C26H25FN2O5S/c1-33-22-8-10-23(11-9-22)35(31,32)28-21-7-12-25-24(16-21)19(15-18-3-5-20(27)6-4-18)17-29(25)14-13-26(30)34-2/h3-12,16-17,28H,13-15H2,1-2H3. The number of sulfonamides is 1. The van der Waals surface area contributed by atoms with Gasteiger partial charge in [0, 0.05) is 29.3 Å². The number of aromatic nitrogens is 1. The Morgan fingerprint density at radius 1 is 1.00 bits per heavy atom. The van der Waals surface area contributed by atoms with Crippen molar-refractivity contribution in [2.75, 3.05) is 18.9 Å². The van der Waals surface area contributed by atoms with E-state index in [1.165, 1.54) is 38.5 Å². The predicted octanol–water partition coefficient (Wildman–Crippen LogP) is 4.74. The molecule has 7 nitrogen and oxygen atoms in total. The number of benzene rings is 3. The van der Waals surface area contributed by atoms with E-state index in [0.717, 1.165) is 22.0 Å². The summed E-state index contributed by atoms with van der Waals surface area (Å²) in [6.07, 6.45) is 2.64. The number of ether oxygens (including phenoxy) is 2. The second-order valence-electron chi connectivity index (χ2n) is 7.99. The van der Waals surface area contributed by atoms with Crippen LogP contribution in [0.4, 0.5) is 10.1 Å². The Hall–Kier alpha value is -3.85. The molecule has 0 unspecified atom stereocenters. The fourth-order valence-electron chi connectivity index (χ4n) is 3.87. The molecule has 0 spiro atoms. The molecule has 0 amide bonds. The minimum absolute atomic E-state index is 0.112. The van der Waals surface area contributed by atoms with Crippen LogP contribution in [0.3, 0.4) is 0 Å². The molecule has 0 atom stereocenters. The highest BCUT2D eigenvalue weighted by Gasteiger charge is 2.17. The first-order valence-electron chi connectivity index (χ1n) is 10.9. The van der Waals surface area contributed by atoms with E-state index in [-0.39, 0.29) is 23.1 Å². The summed E-state index contributed by atoms with van der Waals surface area (Å²) < 4.78 is 53.6. The zero-order valence-corrected chi connectivity index (χ0v) is 20.1. The molecule has 0 radical (unpaired) electrons. The summed E-state index contributed by atoms with van der Waals surface area (Å²) in [7, 11) is -0.960. The van der Waals surface area contributed by atoms with Crippen molar-refractivity contribution in [3.63, 3.8) is 0 Å². The largest absolute Gasteiger partial charge is 0.497 e. The summed E-state index contributed by atoms with van der Waals surface area (Å²) in [6.45, 7) is 0.406. The number of hydrogen-bond acceptors (Lipinski definition) is 5. The summed E-state index contributed by atoms with van der Waals surface area (Å²) in [6, 6.07) is 17.6. The van der Waals surface area contributed by atoms with Gasteiger partial charge in [-0.1, -0.05) is 12.1 Å². The fourth-order valence-corrected chi connectivity index (χ4v) is 4.91. The van der Waals surface area contributed by atoms with Crippen LogP contribution in [0.2, 0.25) is 0 Å². The molecule has 0 aliphatic rings. The minimum atomic E-state index is -3.82. The highest BCUT2D eigenvalue weighted by atomic mass is 32.2. The Kier molecular flexibility index (Phi) is 7.07. The van der Waals surface area contributed by atoms with Gasteiger partial charge in [0.15, 0.2) is 0 Å². The average Bonchev–Trinajstić information content (AvgIpc) is 3.20. The molecule has 3 aromatic carbocycles. The third-order valence-electron chi connectivity index (χ3n) is 5.68. The zero-order valence-electron chi connectivity index (χ0n) is 19.3. The van der Waals surface area contributed by atoms with Gasteiger partial charge >= 0.3 is 5.97 Å². The lowest BCUT2D eigenvalue weighted by Crippen LogP contribution is -2.12. The number of methoxy groups -OCH3 is 2. The van der Waals surface area contributed by atoms with Gasteiger partial charge in [-0.2, -0.15) is 0 Å². The van der Waals surface area contributed by atoms with Crippen LogP contribution >= 0.6 is 0 Å². The van der Waals surface area contributed by atoms with E-state index in [2.05, 4.69) is 4.72 Å². The van der Waals surface area contributed by atoms with E-state index < -0.39 is 10.0 Å². The number of rotatable bonds is 9. The number of halogens is 1. The van der Waals surface area contributed by atoms with E-state index in [9.17, 15) is 17.6 Å². The van der Waals surface area contributed by atoms with Gasteiger partial charge in [0.2, 0.25) is 0 Å². The van der Waals surface area contributed by atoms with Crippen LogP contribution in [-0.4, -0.2) is 33.2 Å². The van der Waals surface area contributed by atoms with Gasteiger partial charge in [0.1, 0.15) is 11.6 Å². The van der Waals surface area contributed by atoms with E-state index in [4.69, 9.17) is 9.47 Å². The Bertz CT molecular complexity index is 1450. The number of anilines is 1. The van der Waals surface area contributed by atoms with Gasteiger partial charge < -0.3 is 14.0 Å². The first-order valence-corrected chi connectivity index (χ1v) is 12.4. The second-order valence-corrected chi connectivity index (χ2v) is 9.67. The SMILES string of the molecule is COC(=O)CCn1cc(Cc2ccc(F)cc2)c2cc(NS(=O)(=O)c3ccc(OC)cc3)ccc21. The molecule has 1 N–H and O–H groups in total. The summed E-state index contributed by atoms with van der Waals surface area (Å²) in [5.41, 5.74) is 3.07. The van der Waals surface area contributed by atoms with Crippen molar-refractivity contribution < 1.29 is 27.1 Å². The van der Waals surface area contributed by atoms with Crippen molar-refractivity contribution >= 4 is 32.6 Å². The van der Waals surface area contributed by atoms with Crippen LogP contribution in [-0.2, 0) is 32.5 Å². The minimum Gasteiger partial charge on any atom is -0.497 e. The van der Waals surface area contributed by atoms with Crippen molar-refractivity contribution in [2.24, 2.45) is 0 Å². The molecule has 182 valence electrons. The third-order valence-corrected chi connectivity index (χ3v) is 7.08. The van der Waals surface area contributed by atoms with Gasteiger partial charge in [-0.05, 0) is 72.1 Å². The molecule has 9 heteroatoms. The maximum atomic E-state index is 13.4. The maximum Gasteiger partial charge on any atom is 0.307 e. The zero-order chi connectivity index (χ0) is 25.0. The quantitative estimate of drug-likeness (QED) is 0.338. The first-order chi connectivity index (χ1) is 16.8. The second kappa shape index (κ2) is 10.2. The lowest BCUT2D eigenvalue weighted by Gasteiger charge is -2.10. The lowest BCUT2D eigenvalue weighted by atomic mass is 10.0. The maximum absolute atomic E-state index is 13.4. The number of fused-ring (bicyclic) bond motifs is 1. The number of nitrogens with zero attached hydrogens (tertiary/aromatic N) is 1. The Balaban J connectivity index is 1.68. The van der Waals surface area contributed by atoms with Crippen molar-refractivity contribution in [1.29, 1.82) is 0 Å². The summed E-state index contributed by atoms with van der Waals surface area (Å²) in [5.74, 6) is -0.0793. The van der Waals surface area contributed by atoms with Crippen molar-refractivity contribution in [3.8, 4) is 5.75 Å². The molecule has 0 saturated carbocycles. The lowest BCUT2D eigenvalue weighted by molar-refractivity contribution is -0.140. The van der Waals surface area contributed by atoms with Crippen LogP contribution < -0.4 is 9.46 Å². The van der Waals surface area contributed by atoms with E-state index >= 15 is 0 Å². The summed E-state index contributed by atoms with van der Waals surface area (Å²) in [4.78, 5) is 11.8. The molecular weight excluding hydrogens is 471 g/mol. The predicted molar refractivity (Wildman–Crippen MR) is 132 cm³/mol. The summed E-state index contributed by atoms with van der Waals surface area (Å²) in [5, 5.41) is 0.828. The molecule has 0 saturated heterocycles. The van der Waals surface area contributed by atoms with Crippen LogP contribution in [0.15, 0.2) is 77.8 Å². The van der Waals surface area contributed by atoms with Gasteiger partial charge in [-0.15, -0.1) is 0 Å². The highest BCUT2D eigenvalue weighted by Crippen LogP contribution is 2.29. The highest BCUT2D eigenvalue weighted by molar-refractivity contribution is 7.92. The Morgan fingerprint density at radius 3 is 2.37 bits per heavy atom. The molecule has 1 aromatic heterocycles. The Labute approximate surface area is 203 Å². The topological polar surface area (TPSA) is 86.6 Å². The molecule has 0 bridgehead atoms. The van der Waals surface area contributed by atoms with Gasteiger partial charge in [0.25, 0.3) is 10.0 Å². The number of hydrogen-bond donors (Lipinski definition) is 1. The van der Waals surface area contributed by atoms with Crippen LogP contribution in [0.5, 0.6) is 5.75 Å². The number of carbonyl (C=O) groups excluding carboxylic acids is 1. The van der Waals surface area contributed by atoms with Gasteiger partial charge in [-0.3, -0.25) is 9.52 Å². The molecule has 1 heterocycles. The van der Waals surface area contributed by atoms with Crippen molar-refractivity contribution in [1.82, 2.24) is 4.57 Å². The van der Waals surface area contributed by atoms with E-state index in [0.29, 0.717) is 24.4 Å². The van der Waals surface area contributed by atoms with E-state index in [1.807, 2.05) is 16.8 Å². The third kappa shape index (κ3) is 5.63. The number of aryl methyl sites for hydroxylation is 1. The Morgan fingerprint density at radius 2 is 1.71 bits per heavy atom. The average molecular weight is 497 g/mol. The summed E-state index contributed by atoms with van der Waals surface area (Å²) >= 11 is 0. The van der Waals surface area contributed by atoms with Gasteiger partial charge in [0.05, 0.1) is 25.5 Å². The van der Waals surface area contributed by atoms with Crippen LogP contribution in [0.25, 0.3) is 10.9 Å². The number of esters is 1. The molecule has 4 rings (SSSR count). The molecule has 0 aliphatic heterocycles. The molecule has 4 aromatic rings. The normalized spacial score (nSPS) is 11.4. The first kappa shape index (κ1) is 24.3. The molecule has 35 heavy (non-hydrogen) atoms. The van der Waals surface area contributed by atoms with Crippen LogP contribution in [0, 0.1) is 5.82 Å². The number of carbonyl (C=O) groups is 1. The van der Waals surface area contributed by atoms with Crippen LogP contribution in [0.1, 0.15) is 17.5 Å². The number of nitrogens with one attached hydrogen (secondary N) is 1. The molecular formula is C26H25FN2O5S.